The second-order valence-corrected chi connectivity index (χ2v) is 7.81. The Morgan fingerprint density at radius 3 is 2.44 bits per heavy atom. The third-order valence-electron chi connectivity index (χ3n) is 5.82. The van der Waals surface area contributed by atoms with Crippen molar-refractivity contribution < 1.29 is 24.2 Å². The van der Waals surface area contributed by atoms with E-state index in [2.05, 4.69) is 10.6 Å². The van der Waals surface area contributed by atoms with Crippen molar-refractivity contribution in [2.45, 2.75) is 75.7 Å². The lowest BCUT2D eigenvalue weighted by Crippen LogP contribution is -2.55. The molecular weight excluding hydrogens is 350 g/mol. The molecule has 154 valence electrons. The van der Waals surface area contributed by atoms with Crippen molar-refractivity contribution in [3.05, 3.63) is 0 Å². The van der Waals surface area contributed by atoms with Crippen molar-refractivity contribution >= 4 is 11.9 Å². The highest BCUT2D eigenvalue weighted by molar-refractivity contribution is 5.77. The second kappa shape index (κ2) is 10.2. The summed E-state index contributed by atoms with van der Waals surface area (Å²) < 4.78 is 11.2. The fourth-order valence-electron chi connectivity index (χ4n) is 4.23. The number of amides is 3. The summed E-state index contributed by atoms with van der Waals surface area (Å²) in [5, 5.41) is 15.7. The van der Waals surface area contributed by atoms with Crippen LogP contribution in [0, 0.1) is 0 Å². The van der Waals surface area contributed by atoms with Gasteiger partial charge in [-0.25, -0.2) is 4.79 Å². The lowest BCUT2D eigenvalue weighted by molar-refractivity contribution is -0.143. The number of urea groups is 1. The molecule has 3 aliphatic rings. The molecule has 2 heterocycles. The van der Waals surface area contributed by atoms with Crippen LogP contribution in [-0.2, 0) is 14.3 Å². The summed E-state index contributed by atoms with van der Waals surface area (Å²) >= 11 is 0. The van der Waals surface area contributed by atoms with Gasteiger partial charge in [0.15, 0.2) is 0 Å². The van der Waals surface area contributed by atoms with Crippen LogP contribution in [0.3, 0.4) is 0 Å². The number of ether oxygens (including phenoxy) is 2. The molecule has 2 aliphatic heterocycles. The fraction of sp³-hybridized carbons (Fsp3) is 0.895. The van der Waals surface area contributed by atoms with Crippen LogP contribution in [0.5, 0.6) is 0 Å². The van der Waals surface area contributed by atoms with Crippen LogP contribution in [0.4, 0.5) is 4.79 Å². The largest absolute Gasteiger partial charge is 0.394 e. The van der Waals surface area contributed by atoms with Gasteiger partial charge < -0.3 is 30.1 Å². The Morgan fingerprint density at radius 2 is 1.74 bits per heavy atom. The smallest absolute Gasteiger partial charge is 0.315 e. The van der Waals surface area contributed by atoms with Crippen molar-refractivity contribution in [3.63, 3.8) is 0 Å². The molecular formula is C19H33N3O5. The predicted octanol–water partition coefficient (Wildman–Crippen LogP) is 0.776. The Kier molecular flexibility index (Phi) is 7.72. The topological polar surface area (TPSA) is 100 Å². The van der Waals surface area contributed by atoms with Gasteiger partial charge in [0, 0.05) is 19.1 Å². The SMILES string of the molecule is O=C(NC1CCCCC1)N[C@H]1CC[C@@H](CC(=O)N2CCOCC2)O[C@@H]1CO. The van der Waals surface area contributed by atoms with E-state index in [1.165, 1.54) is 6.42 Å². The molecule has 8 nitrogen and oxygen atoms in total. The monoisotopic (exact) mass is 383 g/mol. The Balaban J connectivity index is 1.43. The van der Waals surface area contributed by atoms with Crippen LogP contribution < -0.4 is 10.6 Å². The summed E-state index contributed by atoms with van der Waals surface area (Å²) in [4.78, 5) is 26.5. The zero-order valence-electron chi connectivity index (χ0n) is 16.0. The molecule has 0 aromatic carbocycles. The van der Waals surface area contributed by atoms with E-state index in [1.54, 1.807) is 0 Å². The molecule has 2 saturated heterocycles. The summed E-state index contributed by atoms with van der Waals surface area (Å²) in [6, 6.07) is -0.167. The highest BCUT2D eigenvalue weighted by Gasteiger charge is 2.34. The molecule has 3 atom stereocenters. The maximum absolute atomic E-state index is 12.4. The first kappa shape index (κ1) is 20.4. The third-order valence-corrected chi connectivity index (χ3v) is 5.82. The van der Waals surface area contributed by atoms with Gasteiger partial charge in [0.2, 0.25) is 5.91 Å². The summed E-state index contributed by atoms with van der Waals surface area (Å²) in [5.41, 5.74) is 0. The summed E-state index contributed by atoms with van der Waals surface area (Å²) in [6.07, 6.45) is 6.66. The molecule has 0 unspecified atom stereocenters. The lowest BCUT2D eigenvalue weighted by atomic mass is 9.95. The quantitative estimate of drug-likeness (QED) is 0.651. The molecule has 3 amide bonds. The average molecular weight is 383 g/mol. The van der Waals surface area contributed by atoms with Crippen molar-refractivity contribution in [1.29, 1.82) is 0 Å². The van der Waals surface area contributed by atoms with Gasteiger partial charge in [0.05, 0.1) is 38.4 Å². The molecule has 3 fully saturated rings. The van der Waals surface area contributed by atoms with E-state index >= 15 is 0 Å². The van der Waals surface area contributed by atoms with Crippen molar-refractivity contribution in [2.24, 2.45) is 0 Å². The summed E-state index contributed by atoms with van der Waals surface area (Å²) in [6.45, 7) is 2.24. The number of nitrogens with one attached hydrogen (secondary N) is 2. The minimum Gasteiger partial charge on any atom is -0.394 e. The van der Waals surface area contributed by atoms with Crippen molar-refractivity contribution in [2.75, 3.05) is 32.9 Å². The van der Waals surface area contributed by atoms with Crippen LogP contribution in [0.2, 0.25) is 0 Å². The molecule has 8 heteroatoms. The number of morpholine rings is 1. The highest BCUT2D eigenvalue weighted by Crippen LogP contribution is 2.23. The first-order chi connectivity index (χ1) is 13.2. The van der Waals surface area contributed by atoms with Gasteiger partial charge in [-0.1, -0.05) is 19.3 Å². The number of carbonyl (C=O) groups excluding carboxylic acids is 2. The molecule has 0 radical (unpaired) electrons. The van der Waals surface area contributed by atoms with Crippen LogP contribution >= 0.6 is 0 Å². The van der Waals surface area contributed by atoms with Gasteiger partial charge in [0.25, 0.3) is 0 Å². The second-order valence-electron chi connectivity index (χ2n) is 7.81. The van der Waals surface area contributed by atoms with Crippen LogP contribution in [-0.4, -0.2) is 79.1 Å². The molecule has 1 saturated carbocycles. The molecule has 0 spiro atoms. The molecule has 3 N–H and O–H groups in total. The van der Waals surface area contributed by atoms with Crippen molar-refractivity contribution in [1.82, 2.24) is 15.5 Å². The zero-order valence-corrected chi connectivity index (χ0v) is 16.0. The number of carbonyl (C=O) groups is 2. The molecule has 27 heavy (non-hydrogen) atoms. The molecule has 0 aromatic heterocycles. The van der Waals surface area contributed by atoms with Crippen LogP contribution in [0.1, 0.15) is 51.4 Å². The van der Waals surface area contributed by atoms with Crippen LogP contribution in [0.15, 0.2) is 0 Å². The van der Waals surface area contributed by atoms with E-state index in [9.17, 15) is 14.7 Å². The number of rotatable bonds is 5. The van der Waals surface area contributed by atoms with Crippen LogP contribution in [0.25, 0.3) is 0 Å². The molecule has 3 rings (SSSR count). The third kappa shape index (κ3) is 6.05. The van der Waals surface area contributed by atoms with Gasteiger partial charge in [-0.15, -0.1) is 0 Å². The zero-order chi connectivity index (χ0) is 19.1. The number of hydrogen-bond donors (Lipinski definition) is 3. The Bertz CT molecular complexity index is 492. The van der Waals surface area contributed by atoms with E-state index in [1.807, 2.05) is 4.90 Å². The first-order valence-electron chi connectivity index (χ1n) is 10.3. The number of aliphatic hydroxyl groups is 1. The van der Waals surface area contributed by atoms with Gasteiger partial charge in [-0.3, -0.25) is 4.79 Å². The van der Waals surface area contributed by atoms with E-state index in [4.69, 9.17) is 9.47 Å². The number of aliphatic hydroxyl groups excluding tert-OH is 1. The summed E-state index contributed by atoms with van der Waals surface area (Å²) in [7, 11) is 0. The molecule has 0 aromatic rings. The maximum Gasteiger partial charge on any atom is 0.315 e. The van der Waals surface area contributed by atoms with E-state index in [0.717, 1.165) is 25.7 Å². The molecule has 0 bridgehead atoms. The Labute approximate surface area is 160 Å². The van der Waals surface area contributed by atoms with Crippen molar-refractivity contribution in [3.8, 4) is 0 Å². The predicted molar refractivity (Wildman–Crippen MR) is 99.3 cm³/mol. The van der Waals surface area contributed by atoms with Gasteiger partial charge in [0.1, 0.15) is 6.10 Å². The van der Waals surface area contributed by atoms with Gasteiger partial charge in [-0.05, 0) is 25.7 Å². The van der Waals surface area contributed by atoms with E-state index in [-0.39, 0.29) is 36.7 Å². The first-order valence-corrected chi connectivity index (χ1v) is 10.3. The number of nitrogens with zero attached hydrogens (tertiary/aromatic N) is 1. The van der Waals surface area contributed by atoms with E-state index < -0.39 is 6.10 Å². The minimum absolute atomic E-state index is 0.0708. The van der Waals surface area contributed by atoms with E-state index in [0.29, 0.717) is 45.6 Å². The Hall–Kier alpha value is -1.38. The molecule has 1 aliphatic carbocycles. The maximum atomic E-state index is 12.4. The lowest BCUT2D eigenvalue weighted by Gasteiger charge is -2.37. The van der Waals surface area contributed by atoms with Gasteiger partial charge in [-0.2, -0.15) is 0 Å². The normalized spacial score (nSPS) is 30.0. The number of hydrogen-bond acceptors (Lipinski definition) is 5. The fourth-order valence-corrected chi connectivity index (χ4v) is 4.23. The minimum atomic E-state index is -0.474. The average Bonchev–Trinajstić information content (AvgIpc) is 2.70. The highest BCUT2D eigenvalue weighted by atomic mass is 16.5. The standard InChI is InChI=1S/C19H33N3O5/c23-13-17-16(21-19(25)20-14-4-2-1-3-5-14)7-6-15(27-17)12-18(24)22-8-10-26-11-9-22/h14-17,23H,1-13H2,(H2,20,21,25)/t15-,16-,17+/m0/s1. The van der Waals surface area contributed by atoms with Gasteiger partial charge >= 0.3 is 6.03 Å². The summed E-state index contributed by atoms with van der Waals surface area (Å²) in [5.74, 6) is 0.0708. The Morgan fingerprint density at radius 1 is 1.00 bits per heavy atom.